The maximum atomic E-state index is 10.2. The summed E-state index contributed by atoms with van der Waals surface area (Å²) in [7, 11) is 1.31. The van der Waals surface area contributed by atoms with Crippen molar-refractivity contribution in [1.29, 1.82) is 0 Å². The first-order chi connectivity index (χ1) is 3.98. The number of carbonyl (C=O) groups excluding carboxylic acids is 1. The Morgan fingerprint density at radius 1 is 1.89 bits per heavy atom. The third-order valence-corrected chi connectivity index (χ3v) is 0.942. The van der Waals surface area contributed by atoms with Crippen LogP contribution in [0.1, 0.15) is 13.3 Å². The number of ether oxygens (including phenoxy) is 1. The molecular weight excluding hydrogens is 122 g/mol. The maximum absolute atomic E-state index is 10.2. The van der Waals surface area contributed by atoms with Crippen molar-refractivity contribution in [1.82, 2.24) is 0 Å². The highest BCUT2D eigenvalue weighted by atomic mass is 16.6. The summed E-state index contributed by atoms with van der Waals surface area (Å²) in [6, 6.07) is 0. The van der Waals surface area contributed by atoms with Crippen LogP contribution in [0.5, 0.6) is 0 Å². The SMILES string of the molecule is COC(C)(O)CC(N)=O. The molecule has 0 rings (SSSR count). The molecule has 0 bridgehead atoms. The second kappa shape index (κ2) is 2.80. The van der Waals surface area contributed by atoms with Crippen molar-refractivity contribution in [2.24, 2.45) is 5.73 Å². The van der Waals surface area contributed by atoms with Crippen LogP contribution in [0.15, 0.2) is 0 Å². The summed E-state index contributed by atoms with van der Waals surface area (Å²) < 4.78 is 4.50. The minimum Gasteiger partial charge on any atom is -0.370 e. The summed E-state index contributed by atoms with van der Waals surface area (Å²) in [4.78, 5) is 10.2. The Bertz CT molecular complexity index is 111. The van der Waals surface area contributed by atoms with Gasteiger partial charge in [-0.05, 0) is 6.92 Å². The van der Waals surface area contributed by atoms with Gasteiger partial charge in [0.05, 0.1) is 6.42 Å². The average molecular weight is 133 g/mol. The van der Waals surface area contributed by atoms with Gasteiger partial charge in [-0.25, -0.2) is 0 Å². The van der Waals surface area contributed by atoms with E-state index >= 15 is 0 Å². The number of nitrogens with two attached hydrogens (primary N) is 1. The molecule has 0 aromatic heterocycles. The van der Waals surface area contributed by atoms with Crippen LogP contribution < -0.4 is 5.73 Å². The number of primary amides is 1. The summed E-state index contributed by atoms with van der Waals surface area (Å²) in [5, 5.41) is 8.97. The van der Waals surface area contributed by atoms with E-state index in [1.165, 1.54) is 14.0 Å². The largest absolute Gasteiger partial charge is 0.370 e. The molecule has 0 heterocycles. The zero-order chi connectivity index (χ0) is 7.49. The summed E-state index contributed by atoms with van der Waals surface area (Å²) in [6.07, 6.45) is -0.177. The zero-order valence-electron chi connectivity index (χ0n) is 5.55. The van der Waals surface area contributed by atoms with Crippen molar-refractivity contribution in [3.8, 4) is 0 Å². The van der Waals surface area contributed by atoms with Crippen LogP contribution in [0.3, 0.4) is 0 Å². The molecule has 0 radical (unpaired) electrons. The van der Waals surface area contributed by atoms with E-state index in [-0.39, 0.29) is 6.42 Å². The lowest BCUT2D eigenvalue weighted by Gasteiger charge is -2.18. The molecule has 0 aromatic carbocycles. The van der Waals surface area contributed by atoms with Crippen LogP contribution in [0.2, 0.25) is 0 Å². The highest BCUT2D eigenvalue weighted by Crippen LogP contribution is 2.07. The molecule has 0 saturated heterocycles. The van der Waals surface area contributed by atoms with Crippen molar-refractivity contribution >= 4 is 5.91 Å². The first-order valence-electron chi connectivity index (χ1n) is 2.54. The Morgan fingerprint density at radius 2 is 2.33 bits per heavy atom. The summed E-state index contributed by atoms with van der Waals surface area (Å²) >= 11 is 0. The molecule has 0 fully saturated rings. The smallest absolute Gasteiger partial charge is 0.222 e. The Kier molecular flexibility index (Phi) is 2.61. The molecule has 0 aliphatic heterocycles. The molecule has 0 saturated carbocycles. The molecule has 0 aliphatic rings. The minimum atomic E-state index is -1.41. The highest BCUT2D eigenvalue weighted by Gasteiger charge is 2.21. The van der Waals surface area contributed by atoms with E-state index in [1.54, 1.807) is 0 Å². The quantitative estimate of drug-likeness (QED) is 0.496. The van der Waals surface area contributed by atoms with Crippen molar-refractivity contribution < 1.29 is 14.6 Å². The van der Waals surface area contributed by atoms with Crippen molar-refractivity contribution in [3.63, 3.8) is 0 Å². The Hall–Kier alpha value is -0.610. The van der Waals surface area contributed by atoms with E-state index in [1.807, 2.05) is 0 Å². The van der Waals surface area contributed by atoms with Crippen LogP contribution in [-0.2, 0) is 9.53 Å². The van der Waals surface area contributed by atoms with Crippen LogP contribution in [0.25, 0.3) is 0 Å². The van der Waals surface area contributed by atoms with Gasteiger partial charge in [-0.3, -0.25) is 4.79 Å². The fourth-order valence-electron chi connectivity index (χ4n) is 0.395. The first kappa shape index (κ1) is 8.39. The number of hydrogen-bond acceptors (Lipinski definition) is 3. The highest BCUT2D eigenvalue weighted by molar-refractivity contribution is 5.74. The van der Waals surface area contributed by atoms with Crippen LogP contribution in [0, 0.1) is 0 Å². The topological polar surface area (TPSA) is 72.6 Å². The van der Waals surface area contributed by atoms with E-state index in [9.17, 15) is 4.79 Å². The zero-order valence-corrected chi connectivity index (χ0v) is 5.55. The van der Waals surface area contributed by atoms with Gasteiger partial charge in [-0.15, -0.1) is 0 Å². The molecule has 1 atom stereocenters. The van der Waals surface area contributed by atoms with Gasteiger partial charge in [-0.2, -0.15) is 0 Å². The van der Waals surface area contributed by atoms with E-state index in [0.29, 0.717) is 0 Å². The molecule has 4 heteroatoms. The van der Waals surface area contributed by atoms with Crippen molar-refractivity contribution in [3.05, 3.63) is 0 Å². The molecule has 9 heavy (non-hydrogen) atoms. The van der Waals surface area contributed by atoms with Gasteiger partial charge in [0.2, 0.25) is 5.91 Å². The monoisotopic (exact) mass is 133 g/mol. The van der Waals surface area contributed by atoms with Crippen LogP contribution in [-0.4, -0.2) is 23.9 Å². The molecule has 0 aromatic rings. The fourth-order valence-corrected chi connectivity index (χ4v) is 0.395. The fraction of sp³-hybridized carbons (Fsp3) is 0.800. The molecule has 4 nitrogen and oxygen atoms in total. The lowest BCUT2D eigenvalue weighted by molar-refractivity contribution is -0.178. The second-order valence-electron chi connectivity index (χ2n) is 2.02. The molecule has 0 aliphatic carbocycles. The lowest BCUT2D eigenvalue weighted by Crippen LogP contribution is -2.32. The molecule has 0 spiro atoms. The maximum Gasteiger partial charge on any atom is 0.222 e. The first-order valence-corrected chi connectivity index (χ1v) is 2.54. The third kappa shape index (κ3) is 3.93. The number of hydrogen-bond donors (Lipinski definition) is 2. The summed E-state index contributed by atoms with van der Waals surface area (Å²) in [6.45, 7) is 1.37. The summed E-state index contributed by atoms with van der Waals surface area (Å²) in [5.74, 6) is -1.99. The number of rotatable bonds is 3. The predicted molar refractivity (Wildman–Crippen MR) is 31.4 cm³/mol. The standard InChI is InChI=1S/C5H11NO3/c1-5(8,9-2)3-4(6)7/h8H,3H2,1-2H3,(H2,6,7). The van der Waals surface area contributed by atoms with E-state index in [0.717, 1.165) is 0 Å². The van der Waals surface area contributed by atoms with Gasteiger partial charge in [0, 0.05) is 7.11 Å². The van der Waals surface area contributed by atoms with E-state index in [4.69, 9.17) is 10.8 Å². The van der Waals surface area contributed by atoms with Crippen LogP contribution >= 0.6 is 0 Å². The van der Waals surface area contributed by atoms with E-state index in [2.05, 4.69) is 4.74 Å². The van der Waals surface area contributed by atoms with Gasteiger partial charge >= 0.3 is 0 Å². The molecular formula is C5H11NO3. The molecule has 1 amide bonds. The third-order valence-electron chi connectivity index (χ3n) is 0.942. The molecule has 54 valence electrons. The minimum absolute atomic E-state index is 0.177. The van der Waals surface area contributed by atoms with Gasteiger partial charge in [0.15, 0.2) is 5.79 Å². The van der Waals surface area contributed by atoms with Gasteiger partial charge in [-0.1, -0.05) is 0 Å². The second-order valence-corrected chi connectivity index (χ2v) is 2.02. The van der Waals surface area contributed by atoms with E-state index < -0.39 is 11.7 Å². The van der Waals surface area contributed by atoms with Gasteiger partial charge < -0.3 is 15.6 Å². The summed E-state index contributed by atoms with van der Waals surface area (Å²) in [5.41, 5.74) is 4.78. The van der Waals surface area contributed by atoms with Crippen molar-refractivity contribution in [2.45, 2.75) is 19.1 Å². The van der Waals surface area contributed by atoms with Gasteiger partial charge in [0.25, 0.3) is 0 Å². The predicted octanol–water partition coefficient (Wildman–Crippen LogP) is -0.783. The molecule has 1 unspecified atom stereocenters. The average Bonchev–Trinajstić information content (AvgIpc) is 1.63. The Balaban J connectivity index is 3.71. The number of aliphatic hydroxyl groups is 1. The van der Waals surface area contributed by atoms with Crippen LogP contribution in [0.4, 0.5) is 0 Å². The number of amides is 1. The van der Waals surface area contributed by atoms with Crippen molar-refractivity contribution in [2.75, 3.05) is 7.11 Å². The number of methoxy groups -OCH3 is 1. The Labute approximate surface area is 53.6 Å². The molecule has 3 N–H and O–H groups in total. The lowest BCUT2D eigenvalue weighted by atomic mass is 10.2. The Morgan fingerprint density at radius 3 is 2.44 bits per heavy atom. The van der Waals surface area contributed by atoms with Gasteiger partial charge in [0.1, 0.15) is 0 Å². The normalized spacial score (nSPS) is 16.8. The number of carbonyl (C=O) groups is 1.